The van der Waals surface area contributed by atoms with Crippen LogP contribution < -0.4 is 10.1 Å². The summed E-state index contributed by atoms with van der Waals surface area (Å²) in [6.45, 7) is 8.65. The lowest BCUT2D eigenvalue weighted by Crippen LogP contribution is -2.11. The zero-order valence-electron chi connectivity index (χ0n) is 12.7. The quantitative estimate of drug-likeness (QED) is 0.919. The fourth-order valence-corrected chi connectivity index (χ4v) is 1.86. The van der Waals surface area contributed by atoms with E-state index in [-0.39, 0.29) is 5.41 Å². The van der Waals surface area contributed by atoms with Gasteiger partial charge in [-0.05, 0) is 29.5 Å². The number of nitrogens with one attached hydrogen (secondary N) is 1. The molecule has 0 atom stereocenters. The molecule has 4 nitrogen and oxygen atoms in total. The van der Waals surface area contributed by atoms with Gasteiger partial charge in [0.15, 0.2) is 0 Å². The number of rotatable bonds is 3. The van der Waals surface area contributed by atoms with Gasteiger partial charge in [-0.2, -0.15) is 4.98 Å². The Hall–Kier alpha value is -2.10. The minimum absolute atomic E-state index is 0.136. The molecule has 0 aliphatic heterocycles. The molecule has 0 unspecified atom stereocenters. The van der Waals surface area contributed by atoms with Gasteiger partial charge in [0, 0.05) is 19.3 Å². The van der Waals surface area contributed by atoms with Gasteiger partial charge in [-0.3, -0.25) is 0 Å². The van der Waals surface area contributed by atoms with Crippen molar-refractivity contribution in [3.8, 4) is 11.6 Å². The lowest BCUT2D eigenvalue weighted by Gasteiger charge is -2.20. The van der Waals surface area contributed by atoms with Crippen LogP contribution in [0.15, 0.2) is 30.5 Å². The summed E-state index contributed by atoms with van der Waals surface area (Å²) in [4.78, 5) is 8.32. The van der Waals surface area contributed by atoms with Crippen LogP contribution in [-0.4, -0.2) is 17.0 Å². The maximum atomic E-state index is 5.83. The molecule has 0 saturated heterocycles. The summed E-state index contributed by atoms with van der Waals surface area (Å²) in [5.74, 6) is 1.90. The summed E-state index contributed by atoms with van der Waals surface area (Å²) >= 11 is 0. The van der Waals surface area contributed by atoms with Gasteiger partial charge >= 0.3 is 0 Å². The Bertz CT molecular complexity index is 603. The number of aromatic nitrogens is 2. The number of anilines is 1. The molecular formula is C16H21N3O. The molecule has 0 aliphatic carbocycles. The molecule has 0 aliphatic rings. The SMILES string of the molecule is CNc1nccc(Oc2ccc(C(C)(C)C)cc2C)n1. The average molecular weight is 271 g/mol. The van der Waals surface area contributed by atoms with Crippen molar-refractivity contribution < 1.29 is 4.74 Å². The van der Waals surface area contributed by atoms with E-state index in [4.69, 9.17) is 4.74 Å². The Morgan fingerprint density at radius 2 is 1.90 bits per heavy atom. The molecule has 20 heavy (non-hydrogen) atoms. The van der Waals surface area contributed by atoms with Crippen LogP contribution in [0.3, 0.4) is 0 Å². The molecule has 0 fully saturated rings. The lowest BCUT2D eigenvalue weighted by atomic mass is 9.86. The number of aryl methyl sites for hydroxylation is 1. The van der Waals surface area contributed by atoms with Gasteiger partial charge in [-0.15, -0.1) is 0 Å². The topological polar surface area (TPSA) is 47.0 Å². The predicted octanol–water partition coefficient (Wildman–Crippen LogP) is 3.92. The van der Waals surface area contributed by atoms with Crippen LogP contribution in [0, 0.1) is 6.92 Å². The summed E-state index contributed by atoms with van der Waals surface area (Å²) in [6, 6.07) is 8.01. The van der Waals surface area contributed by atoms with Crippen LogP contribution in [0.5, 0.6) is 11.6 Å². The number of benzene rings is 1. The normalized spacial score (nSPS) is 11.2. The molecule has 1 heterocycles. The van der Waals surface area contributed by atoms with Crippen molar-refractivity contribution in [3.05, 3.63) is 41.6 Å². The van der Waals surface area contributed by atoms with Gasteiger partial charge in [0.2, 0.25) is 11.8 Å². The number of ether oxygens (including phenoxy) is 1. The first-order valence-electron chi connectivity index (χ1n) is 6.70. The first-order valence-corrected chi connectivity index (χ1v) is 6.70. The van der Waals surface area contributed by atoms with E-state index in [2.05, 4.69) is 48.2 Å². The summed E-state index contributed by atoms with van der Waals surface area (Å²) < 4.78 is 5.83. The first-order chi connectivity index (χ1) is 9.40. The van der Waals surface area contributed by atoms with E-state index in [1.165, 1.54) is 5.56 Å². The molecule has 0 spiro atoms. The van der Waals surface area contributed by atoms with Crippen molar-refractivity contribution in [1.29, 1.82) is 0 Å². The summed E-state index contributed by atoms with van der Waals surface area (Å²) in [7, 11) is 1.78. The predicted molar refractivity (Wildman–Crippen MR) is 81.5 cm³/mol. The Morgan fingerprint density at radius 1 is 1.15 bits per heavy atom. The van der Waals surface area contributed by atoms with Crippen LogP contribution in [0.1, 0.15) is 31.9 Å². The minimum atomic E-state index is 0.136. The molecule has 2 rings (SSSR count). The third-order valence-corrected chi connectivity index (χ3v) is 3.11. The molecule has 0 radical (unpaired) electrons. The number of hydrogen-bond acceptors (Lipinski definition) is 4. The highest BCUT2D eigenvalue weighted by molar-refractivity contribution is 5.41. The van der Waals surface area contributed by atoms with E-state index >= 15 is 0 Å². The second-order valence-electron chi connectivity index (χ2n) is 5.80. The first kappa shape index (κ1) is 14.3. The third-order valence-electron chi connectivity index (χ3n) is 3.11. The molecule has 0 amide bonds. The molecule has 1 N–H and O–H groups in total. The molecule has 0 bridgehead atoms. The second-order valence-corrected chi connectivity index (χ2v) is 5.80. The van der Waals surface area contributed by atoms with E-state index in [1.807, 2.05) is 13.0 Å². The molecule has 2 aromatic rings. The van der Waals surface area contributed by atoms with Gasteiger partial charge in [0.25, 0.3) is 0 Å². The van der Waals surface area contributed by atoms with Crippen LogP contribution in [0.25, 0.3) is 0 Å². The Balaban J connectivity index is 2.25. The van der Waals surface area contributed by atoms with Crippen LogP contribution >= 0.6 is 0 Å². The lowest BCUT2D eigenvalue weighted by molar-refractivity contribution is 0.458. The van der Waals surface area contributed by atoms with Crippen molar-refractivity contribution in [3.63, 3.8) is 0 Å². The zero-order valence-corrected chi connectivity index (χ0v) is 12.7. The maximum absolute atomic E-state index is 5.83. The van der Waals surface area contributed by atoms with E-state index in [9.17, 15) is 0 Å². The van der Waals surface area contributed by atoms with E-state index < -0.39 is 0 Å². The Morgan fingerprint density at radius 3 is 2.50 bits per heavy atom. The van der Waals surface area contributed by atoms with Crippen molar-refractivity contribution in [2.24, 2.45) is 0 Å². The smallest absolute Gasteiger partial charge is 0.225 e. The van der Waals surface area contributed by atoms with Crippen molar-refractivity contribution in [2.75, 3.05) is 12.4 Å². The number of hydrogen-bond donors (Lipinski definition) is 1. The van der Waals surface area contributed by atoms with Gasteiger partial charge in [-0.25, -0.2) is 4.98 Å². The van der Waals surface area contributed by atoms with Crippen molar-refractivity contribution in [2.45, 2.75) is 33.1 Å². The molecule has 0 saturated carbocycles. The molecule has 106 valence electrons. The molecule has 1 aromatic carbocycles. The summed E-state index contributed by atoms with van der Waals surface area (Å²) in [5.41, 5.74) is 2.53. The van der Waals surface area contributed by atoms with Crippen LogP contribution in [-0.2, 0) is 5.41 Å². The third kappa shape index (κ3) is 3.26. The van der Waals surface area contributed by atoms with Gasteiger partial charge in [-0.1, -0.05) is 32.9 Å². The highest BCUT2D eigenvalue weighted by atomic mass is 16.5. The maximum Gasteiger partial charge on any atom is 0.225 e. The number of nitrogens with zero attached hydrogens (tertiary/aromatic N) is 2. The standard InChI is InChI=1S/C16H21N3O/c1-11-10-12(16(2,3)4)6-7-13(11)20-14-8-9-18-15(17-5)19-14/h6-10H,1-5H3,(H,17,18,19). The molecular weight excluding hydrogens is 250 g/mol. The highest BCUT2D eigenvalue weighted by Crippen LogP contribution is 2.29. The van der Waals surface area contributed by atoms with Gasteiger partial charge in [0.05, 0.1) is 0 Å². The Labute approximate surface area is 120 Å². The Kier molecular flexibility index (Phi) is 3.93. The average Bonchev–Trinajstić information content (AvgIpc) is 2.40. The van der Waals surface area contributed by atoms with Crippen LogP contribution in [0.2, 0.25) is 0 Å². The molecule has 4 heteroatoms. The van der Waals surface area contributed by atoms with Crippen LogP contribution in [0.4, 0.5) is 5.95 Å². The second kappa shape index (κ2) is 5.49. The van der Waals surface area contributed by atoms with Gasteiger partial charge in [0.1, 0.15) is 5.75 Å². The minimum Gasteiger partial charge on any atom is -0.439 e. The van der Waals surface area contributed by atoms with Crippen molar-refractivity contribution in [1.82, 2.24) is 9.97 Å². The largest absolute Gasteiger partial charge is 0.439 e. The fourth-order valence-electron chi connectivity index (χ4n) is 1.86. The fraction of sp³-hybridized carbons (Fsp3) is 0.375. The van der Waals surface area contributed by atoms with Gasteiger partial charge < -0.3 is 10.1 Å². The highest BCUT2D eigenvalue weighted by Gasteiger charge is 2.15. The van der Waals surface area contributed by atoms with E-state index in [0.29, 0.717) is 11.8 Å². The summed E-state index contributed by atoms with van der Waals surface area (Å²) in [5, 5.41) is 2.89. The summed E-state index contributed by atoms with van der Waals surface area (Å²) in [6.07, 6.45) is 1.67. The van der Waals surface area contributed by atoms with E-state index in [1.54, 1.807) is 19.3 Å². The van der Waals surface area contributed by atoms with E-state index in [0.717, 1.165) is 11.3 Å². The molecule has 1 aromatic heterocycles. The van der Waals surface area contributed by atoms with Crippen molar-refractivity contribution >= 4 is 5.95 Å². The zero-order chi connectivity index (χ0) is 14.8. The monoisotopic (exact) mass is 271 g/mol.